The van der Waals surface area contributed by atoms with Crippen LogP contribution >= 0.6 is 0 Å². The monoisotopic (exact) mass is 253 g/mol. The highest BCUT2D eigenvalue weighted by Gasteiger charge is 2.06. The van der Waals surface area contributed by atoms with Gasteiger partial charge in [-0.3, -0.25) is 4.79 Å². The summed E-state index contributed by atoms with van der Waals surface area (Å²) in [5.41, 5.74) is 0. The number of carbonyl (C=O) groups is 1. The molecular weight excluding hydrogens is 234 g/mol. The lowest BCUT2D eigenvalue weighted by Crippen LogP contribution is -2.30. The molecule has 1 rings (SSSR count). The molecule has 0 aliphatic carbocycles. The van der Waals surface area contributed by atoms with Crippen LogP contribution in [0.1, 0.15) is 13.3 Å². The zero-order chi connectivity index (χ0) is 13.2. The first-order valence-electron chi connectivity index (χ1n) is 6.00. The van der Waals surface area contributed by atoms with Gasteiger partial charge in [0.2, 0.25) is 0 Å². The molecule has 2 N–H and O–H groups in total. The van der Waals surface area contributed by atoms with E-state index in [0.29, 0.717) is 31.1 Å². The number of hydrogen-bond donors (Lipinski definition) is 2. The summed E-state index contributed by atoms with van der Waals surface area (Å²) in [6.07, 6.45) is 0.543. The van der Waals surface area contributed by atoms with Crippen molar-refractivity contribution in [3.05, 3.63) is 24.3 Å². The van der Waals surface area contributed by atoms with Crippen molar-refractivity contribution >= 4 is 5.91 Å². The van der Waals surface area contributed by atoms with Crippen molar-refractivity contribution in [1.29, 1.82) is 0 Å². The average molecular weight is 253 g/mol. The number of para-hydroxylation sites is 2. The Morgan fingerprint density at radius 3 is 2.56 bits per heavy atom. The highest BCUT2D eigenvalue weighted by atomic mass is 16.5. The number of aliphatic hydroxyl groups excluding tert-OH is 1. The summed E-state index contributed by atoms with van der Waals surface area (Å²) >= 11 is 0. The molecule has 0 unspecified atom stereocenters. The lowest BCUT2D eigenvalue weighted by Gasteiger charge is -2.11. The fourth-order valence-corrected chi connectivity index (χ4v) is 1.35. The molecule has 1 aromatic rings. The molecule has 0 spiro atoms. The summed E-state index contributed by atoms with van der Waals surface area (Å²) in [7, 11) is 0. The zero-order valence-corrected chi connectivity index (χ0v) is 10.5. The Kier molecular flexibility index (Phi) is 6.64. The van der Waals surface area contributed by atoms with Gasteiger partial charge < -0.3 is 19.9 Å². The van der Waals surface area contributed by atoms with Crippen LogP contribution < -0.4 is 14.8 Å². The topological polar surface area (TPSA) is 67.8 Å². The summed E-state index contributed by atoms with van der Waals surface area (Å²) in [5.74, 6) is 0.967. The molecule has 0 saturated heterocycles. The standard InChI is InChI=1S/C13H19NO4/c1-2-17-11-6-3-4-7-12(11)18-10-13(16)14-8-5-9-15/h3-4,6-7,15H,2,5,8-10H2,1H3,(H,14,16). The molecule has 5 nitrogen and oxygen atoms in total. The Hall–Kier alpha value is -1.75. The van der Waals surface area contributed by atoms with Crippen molar-refractivity contribution in [3.63, 3.8) is 0 Å². The average Bonchev–Trinajstić information content (AvgIpc) is 2.38. The second-order valence-electron chi connectivity index (χ2n) is 3.60. The van der Waals surface area contributed by atoms with E-state index in [-0.39, 0.29) is 19.1 Å². The minimum Gasteiger partial charge on any atom is -0.490 e. The number of amides is 1. The van der Waals surface area contributed by atoms with E-state index in [1.54, 1.807) is 12.1 Å². The Labute approximate surface area is 107 Å². The molecule has 1 amide bonds. The molecular formula is C13H19NO4. The van der Waals surface area contributed by atoms with Gasteiger partial charge in [0.15, 0.2) is 18.1 Å². The number of nitrogens with one attached hydrogen (secondary N) is 1. The molecule has 18 heavy (non-hydrogen) atoms. The number of rotatable bonds is 8. The first-order chi connectivity index (χ1) is 8.77. The molecule has 0 saturated carbocycles. The van der Waals surface area contributed by atoms with Crippen molar-refractivity contribution in [2.75, 3.05) is 26.4 Å². The third-order valence-electron chi connectivity index (χ3n) is 2.16. The van der Waals surface area contributed by atoms with E-state index >= 15 is 0 Å². The van der Waals surface area contributed by atoms with E-state index < -0.39 is 0 Å². The van der Waals surface area contributed by atoms with Gasteiger partial charge in [0.25, 0.3) is 5.91 Å². The summed E-state index contributed by atoms with van der Waals surface area (Å²) in [5, 5.41) is 11.2. The van der Waals surface area contributed by atoms with Crippen molar-refractivity contribution in [2.45, 2.75) is 13.3 Å². The van der Waals surface area contributed by atoms with E-state index in [1.807, 2.05) is 19.1 Å². The van der Waals surface area contributed by atoms with Crippen molar-refractivity contribution in [3.8, 4) is 11.5 Å². The fraction of sp³-hybridized carbons (Fsp3) is 0.462. The van der Waals surface area contributed by atoms with Crippen LogP contribution in [0, 0.1) is 0 Å². The van der Waals surface area contributed by atoms with Gasteiger partial charge in [0.05, 0.1) is 6.61 Å². The van der Waals surface area contributed by atoms with E-state index in [9.17, 15) is 4.79 Å². The lowest BCUT2D eigenvalue weighted by atomic mass is 10.3. The molecule has 0 fully saturated rings. The maximum atomic E-state index is 11.4. The predicted molar refractivity (Wildman–Crippen MR) is 67.8 cm³/mol. The normalized spacial score (nSPS) is 9.89. The number of benzene rings is 1. The van der Waals surface area contributed by atoms with Gasteiger partial charge in [0.1, 0.15) is 0 Å². The largest absolute Gasteiger partial charge is 0.490 e. The number of ether oxygens (including phenoxy) is 2. The third kappa shape index (κ3) is 5.05. The van der Waals surface area contributed by atoms with Gasteiger partial charge in [-0.2, -0.15) is 0 Å². The lowest BCUT2D eigenvalue weighted by molar-refractivity contribution is -0.123. The zero-order valence-electron chi connectivity index (χ0n) is 10.5. The van der Waals surface area contributed by atoms with Gasteiger partial charge in [-0.25, -0.2) is 0 Å². The summed E-state index contributed by atoms with van der Waals surface area (Å²) < 4.78 is 10.8. The van der Waals surface area contributed by atoms with Crippen LogP contribution in [-0.2, 0) is 4.79 Å². The van der Waals surface area contributed by atoms with E-state index in [0.717, 1.165) is 0 Å². The molecule has 100 valence electrons. The van der Waals surface area contributed by atoms with Crippen LogP contribution in [0.15, 0.2) is 24.3 Å². The van der Waals surface area contributed by atoms with Crippen LogP contribution in [0.3, 0.4) is 0 Å². The Morgan fingerprint density at radius 2 is 1.94 bits per heavy atom. The Bertz CT molecular complexity index is 368. The van der Waals surface area contributed by atoms with Crippen LogP contribution in [0.5, 0.6) is 11.5 Å². The molecule has 0 aliphatic rings. The SMILES string of the molecule is CCOc1ccccc1OCC(=O)NCCCO. The molecule has 1 aromatic carbocycles. The third-order valence-corrected chi connectivity index (χ3v) is 2.16. The fourth-order valence-electron chi connectivity index (χ4n) is 1.35. The first-order valence-corrected chi connectivity index (χ1v) is 6.00. The maximum Gasteiger partial charge on any atom is 0.257 e. The maximum absolute atomic E-state index is 11.4. The molecule has 0 radical (unpaired) electrons. The second kappa shape index (κ2) is 8.36. The van der Waals surface area contributed by atoms with Crippen LogP contribution in [0.4, 0.5) is 0 Å². The summed E-state index contributed by atoms with van der Waals surface area (Å²) in [4.78, 5) is 11.4. The number of carbonyl (C=O) groups excluding carboxylic acids is 1. The highest BCUT2D eigenvalue weighted by molar-refractivity contribution is 5.77. The summed E-state index contributed by atoms with van der Waals surface area (Å²) in [6, 6.07) is 7.22. The highest BCUT2D eigenvalue weighted by Crippen LogP contribution is 2.26. The van der Waals surface area contributed by atoms with Gasteiger partial charge in [-0.05, 0) is 25.5 Å². The molecule has 0 aromatic heterocycles. The quantitative estimate of drug-likeness (QED) is 0.677. The van der Waals surface area contributed by atoms with Gasteiger partial charge in [0, 0.05) is 13.2 Å². The minimum absolute atomic E-state index is 0.0600. The Balaban J connectivity index is 2.40. The number of aliphatic hydroxyl groups is 1. The van der Waals surface area contributed by atoms with E-state index in [1.165, 1.54) is 0 Å². The van der Waals surface area contributed by atoms with Crippen molar-refractivity contribution in [1.82, 2.24) is 5.32 Å². The molecule has 0 bridgehead atoms. The smallest absolute Gasteiger partial charge is 0.257 e. The first kappa shape index (κ1) is 14.3. The van der Waals surface area contributed by atoms with Crippen LogP contribution in [-0.4, -0.2) is 37.4 Å². The minimum atomic E-state index is -0.213. The van der Waals surface area contributed by atoms with E-state index in [4.69, 9.17) is 14.6 Å². The van der Waals surface area contributed by atoms with Crippen molar-refractivity contribution in [2.24, 2.45) is 0 Å². The van der Waals surface area contributed by atoms with E-state index in [2.05, 4.69) is 5.32 Å². The molecule has 5 heteroatoms. The molecule has 0 heterocycles. The summed E-state index contributed by atoms with van der Waals surface area (Å²) in [6.45, 7) is 2.89. The predicted octanol–water partition coefficient (Wildman–Crippen LogP) is 0.963. The van der Waals surface area contributed by atoms with Crippen LogP contribution in [0.25, 0.3) is 0 Å². The Morgan fingerprint density at radius 1 is 1.28 bits per heavy atom. The van der Waals surface area contributed by atoms with Crippen molar-refractivity contribution < 1.29 is 19.4 Å². The molecule has 0 atom stereocenters. The second-order valence-corrected chi connectivity index (χ2v) is 3.60. The van der Waals surface area contributed by atoms with Gasteiger partial charge >= 0.3 is 0 Å². The van der Waals surface area contributed by atoms with Gasteiger partial charge in [-0.15, -0.1) is 0 Å². The molecule has 0 aliphatic heterocycles. The number of hydrogen-bond acceptors (Lipinski definition) is 4. The van der Waals surface area contributed by atoms with Gasteiger partial charge in [-0.1, -0.05) is 12.1 Å². The van der Waals surface area contributed by atoms with Crippen LogP contribution in [0.2, 0.25) is 0 Å².